The minimum atomic E-state index is -4.52. The Bertz CT molecular complexity index is 2040. The lowest BCUT2D eigenvalue weighted by molar-refractivity contribution is -0.136. The molecule has 0 saturated carbocycles. The standard InChI is InChI=1S/C37H37ClF4N4O4S/c1-5-19-15-24(43-33(19)26-7-6-12-45(26)34(47)32(18(2)3)44-36(48)49-4)20-14-23(39)31-27-16-21-13-22(38)8-9-25(21)46(27)35(50-28(31)17-20)29-10-11-30(51-29)37(40,41)42/h8-11,13-14,16-19,26,32-33,35H,5-7,12,15H2,1-4H3,(H,44,48). The van der Waals surface area contributed by atoms with Gasteiger partial charge in [0.15, 0.2) is 0 Å². The maximum atomic E-state index is 16.4. The molecule has 4 aromatic rings. The smallest absolute Gasteiger partial charge is 0.425 e. The molecular weight excluding hydrogens is 708 g/mol. The number of rotatable bonds is 7. The summed E-state index contributed by atoms with van der Waals surface area (Å²) in [6, 6.07) is 11.3. The molecule has 3 aliphatic rings. The van der Waals surface area contributed by atoms with Crippen molar-refractivity contribution in [3.05, 3.63) is 74.7 Å². The van der Waals surface area contributed by atoms with Crippen LogP contribution in [0.3, 0.4) is 0 Å². The van der Waals surface area contributed by atoms with E-state index in [1.54, 1.807) is 34.9 Å². The second kappa shape index (κ2) is 13.5. The van der Waals surface area contributed by atoms with Gasteiger partial charge in [0.2, 0.25) is 12.1 Å². The molecule has 0 bridgehead atoms. The molecule has 2 aromatic carbocycles. The summed E-state index contributed by atoms with van der Waals surface area (Å²) in [6.45, 7) is 6.33. The average molecular weight is 745 g/mol. The van der Waals surface area contributed by atoms with Crippen LogP contribution in [0, 0.1) is 17.7 Å². The van der Waals surface area contributed by atoms with Gasteiger partial charge in [-0.05, 0) is 79.6 Å². The zero-order chi connectivity index (χ0) is 36.4. The number of alkyl carbamates (subject to hydrolysis) is 1. The number of halogens is 5. The van der Waals surface area contributed by atoms with Crippen molar-refractivity contribution < 1.29 is 36.6 Å². The van der Waals surface area contributed by atoms with Crippen LogP contribution in [-0.4, -0.2) is 59.0 Å². The third kappa shape index (κ3) is 6.36. The number of ether oxygens (including phenoxy) is 2. The number of hydrogen-bond acceptors (Lipinski definition) is 6. The highest BCUT2D eigenvalue weighted by Crippen LogP contribution is 2.49. The van der Waals surface area contributed by atoms with Crippen LogP contribution < -0.4 is 10.1 Å². The Morgan fingerprint density at radius 2 is 1.94 bits per heavy atom. The lowest BCUT2D eigenvalue weighted by atomic mass is 9.88. The lowest BCUT2D eigenvalue weighted by Gasteiger charge is -2.34. The van der Waals surface area contributed by atoms with Gasteiger partial charge in [-0.3, -0.25) is 14.4 Å². The number of nitrogens with one attached hydrogen (secondary N) is 1. The molecule has 270 valence electrons. The van der Waals surface area contributed by atoms with E-state index in [2.05, 4.69) is 12.2 Å². The van der Waals surface area contributed by atoms with Crippen LogP contribution in [0.2, 0.25) is 5.02 Å². The number of carbonyl (C=O) groups is 2. The first-order valence-electron chi connectivity index (χ1n) is 17.0. The number of likely N-dealkylation sites (tertiary alicyclic amines) is 1. The largest absolute Gasteiger partial charge is 0.464 e. The molecule has 51 heavy (non-hydrogen) atoms. The van der Waals surface area contributed by atoms with Crippen molar-refractivity contribution in [3.63, 3.8) is 0 Å². The van der Waals surface area contributed by atoms with Gasteiger partial charge in [0.25, 0.3) is 0 Å². The minimum Gasteiger partial charge on any atom is -0.464 e. The summed E-state index contributed by atoms with van der Waals surface area (Å²) in [4.78, 5) is 32.4. The lowest BCUT2D eigenvalue weighted by Crippen LogP contribution is -2.54. The Balaban J connectivity index is 1.26. The van der Waals surface area contributed by atoms with Crippen molar-refractivity contribution >= 4 is 51.6 Å². The van der Waals surface area contributed by atoms with Crippen LogP contribution >= 0.6 is 22.9 Å². The fourth-order valence-electron chi connectivity index (χ4n) is 7.72. The zero-order valence-electron chi connectivity index (χ0n) is 28.4. The highest BCUT2D eigenvalue weighted by atomic mass is 35.5. The van der Waals surface area contributed by atoms with E-state index < -0.39 is 35.2 Å². The van der Waals surface area contributed by atoms with Crippen molar-refractivity contribution in [3.8, 4) is 17.0 Å². The SMILES string of the molecule is CCC1CC(c2cc(F)c3c(c2)OC(c2ccc(C(F)(F)F)s2)n2c-3cc3cc(Cl)ccc32)=NC1C1CCCN1C(=O)C(NC(=O)OC)C(C)C. The number of carbonyl (C=O) groups excluding carboxylic acids is 2. The van der Waals surface area contributed by atoms with Crippen LogP contribution in [0.1, 0.15) is 68.0 Å². The quantitative estimate of drug-likeness (QED) is 0.192. The Labute approximate surface area is 301 Å². The van der Waals surface area contributed by atoms with E-state index in [-0.39, 0.29) is 41.1 Å². The zero-order valence-corrected chi connectivity index (χ0v) is 30.0. The number of methoxy groups -OCH3 is 1. The summed E-state index contributed by atoms with van der Waals surface area (Å²) in [6.07, 6.45) is -3.33. The highest BCUT2D eigenvalue weighted by molar-refractivity contribution is 7.12. The van der Waals surface area contributed by atoms with Crippen molar-refractivity contribution in [2.75, 3.05) is 13.7 Å². The summed E-state index contributed by atoms with van der Waals surface area (Å²) in [5, 5.41) is 3.85. The summed E-state index contributed by atoms with van der Waals surface area (Å²) >= 11 is 6.87. The van der Waals surface area contributed by atoms with Gasteiger partial charge in [0.1, 0.15) is 22.5 Å². The summed E-state index contributed by atoms with van der Waals surface area (Å²) < 4.78 is 70.3. The number of hydrogen-bond donors (Lipinski definition) is 1. The van der Waals surface area contributed by atoms with Crippen LogP contribution in [0.5, 0.6) is 5.75 Å². The maximum absolute atomic E-state index is 16.4. The first-order chi connectivity index (χ1) is 24.3. The molecule has 14 heteroatoms. The summed E-state index contributed by atoms with van der Waals surface area (Å²) in [5.41, 5.74) is 2.49. The maximum Gasteiger partial charge on any atom is 0.425 e. The molecule has 7 rings (SSSR count). The van der Waals surface area contributed by atoms with Crippen LogP contribution in [0.15, 0.2) is 53.5 Å². The number of thiophene rings is 1. The highest BCUT2D eigenvalue weighted by Gasteiger charge is 2.44. The Morgan fingerprint density at radius 1 is 1.16 bits per heavy atom. The molecule has 0 radical (unpaired) electrons. The third-order valence-corrected chi connectivity index (χ3v) is 11.6. The molecule has 5 atom stereocenters. The number of aromatic nitrogens is 1. The van der Waals surface area contributed by atoms with Crippen LogP contribution in [-0.2, 0) is 15.7 Å². The molecule has 5 heterocycles. The third-order valence-electron chi connectivity index (χ3n) is 10.2. The monoisotopic (exact) mass is 744 g/mol. The number of fused-ring (bicyclic) bond motifs is 5. The first-order valence-corrected chi connectivity index (χ1v) is 18.2. The van der Waals surface area contributed by atoms with E-state index in [0.717, 1.165) is 25.3 Å². The molecule has 2 amide bonds. The molecule has 2 aromatic heterocycles. The van der Waals surface area contributed by atoms with E-state index in [1.165, 1.54) is 19.2 Å². The van der Waals surface area contributed by atoms with Crippen molar-refractivity contribution in [2.45, 2.75) is 77.0 Å². The number of nitrogens with zero attached hydrogens (tertiary/aromatic N) is 3. The second-order valence-corrected chi connectivity index (χ2v) is 15.2. The fourth-order valence-corrected chi connectivity index (χ4v) is 8.80. The molecular formula is C37H37ClF4N4O4S. The van der Waals surface area contributed by atoms with Gasteiger partial charge < -0.3 is 19.7 Å². The number of aliphatic imine (C=N–C) groups is 1. The topological polar surface area (TPSA) is 85.2 Å². The van der Waals surface area contributed by atoms with Crippen molar-refractivity contribution in [2.24, 2.45) is 16.8 Å². The Kier molecular flexibility index (Phi) is 9.32. The van der Waals surface area contributed by atoms with E-state index in [4.69, 9.17) is 26.1 Å². The number of benzene rings is 2. The molecule has 1 saturated heterocycles. The molecule has 3 aliphatic heterocycles. The number of alkyl halides is 3. The second-order valence-electron chi connectivity index (χ2n) is 13.6. The van der Waals surface area contributed by atoms with Gasteiger partial charge in [0.05, 0.1) is 40.8 Å². The van der Waals surface area contributed by atoms with E-state index in [9.17, 15) is 22.8 Å². The van der Waals surface area contributed by atoms with Crippen LogP contribution in [0.4, 0.5) is 22.4 Å². The van der Waals surface area contributed by atoms with Crippen molar-refractivity contribution in [1.29, 1.82) is 0 Å². The van der Waals surface area contributed by atoms with E-state index in [1.807, 2.05) is 18.7 Å². The van der Waals surface area contributed by atoms with Gasteiger partial charge in [-0.25, -0.2) is 9.18 Å². The molecule has 8 nitrogen and oxygen atoms in total. The van der Waals surface area contributed by atoms with Crippen LogP contribution in [0.25, 0.3) is 22.2 Å². The normalized spacial score (nSPS) is 22.1. The van der Waals surface area contributed by atoms with E-state index >= 15 is 4.39 Å². The fraction of sp³-hybridized carbons (Fsp3) is 0.432. The van der Waals surface area contributed by atoms with E-state index in [0.29, 0.717) is 62.1 Å². The molecule has 1 fully saturated rings. The molecule has 0 spiro atoms. The Hall–Kier alpha value is -4.10. The summed E-state index contributed by atoms with van der Waals surface area (Å²) in [5.74, 6) is -0.631. The Morgan fingerprint density at radius 3 is 2.63 bits per heavy atom. The molecule has 0 aliphatic carbocycles. The average Bonchev–Trinajstić information content (AvgIpc) is 3.90. The minimum absolute atomic E-state index is 0.0800. The molecule has 1 N–H and O–H groups in total. The van der Waals surface area contributed by atoms with Gasteiger partial charge >= 0.3 is 12.3 Å². The van der Waals surface area contributed by atoms with Gasteiger partial charge in [-0.15, -0.1) is 11.3 Å². The first kappa shape index (κ1) is 35.3. The number of amides is 2. The summed E-state index contributed by atoms with van der Waals surface area (Å²) in [7, 11) is 1.26. The van der Waals surface area contributed by atoms with Gasteiger partial charge in [0, 0.05) is 28.2 Å². The van der Waals surface area contributed by atoms with Gasteiger partial charge in [-0.2, -0.15) is 13.2 Å². The predicted octanol–water partition coefficient (Wildman–Crippen LogP) is 9.08. The van der Waals surface area contributed by atoms with Gasteiger partial charge in [-0.1, -0.05) is 38.8 Å². The molecule has 5 unspecified atom stereocenters. The van der Waals surface area contributed by atoms with Crippen molar-refractivity contribution in [1.82, 2.24) is 14.8 Å². The predicted molar refractivity (Wildman–Crippen MR) is 188 cm³/mol.